The highest BCUT2D eigenvalue weighted by Gasteiger charge is 2.17. The second kappa shape index (κ2) is 7.40. The molecule has 0 atom stereocenters. The van der Waals surface area contributed by atoms with Gasteiger partial charge in [0.2, 0.25) is 11.8 Å². The van der Waals surface area contributed by atoms with Gasteiger partial charge in [-0.3, -0.25) is 9.59 Å². The molecule has 0 radical (unpaired) electrons. The van der Waals surface area contributed by atoms with Gasteiger partial charge in [0.1, 0.15) is 18.1 Å². The number of carbonyl (C=O) groups excluding carboxylic acids is 2. The largest absolute Gasteiger partial charge is 0.495 e. The molecule has 120 valence electrons. The number of methoxy groups -OCH3 is 1. The number of hydrogen-bond acceptors (Lipinski definition) is 3. The first-order chi connectivity index (χ1) is 11.0. The molecule has 0 heterocycles. The molecule has 6 heteroatoms. The van der Waals surface area contributed by atoms with Gasteiger partial charge in [-0.25, -0.2) is 4.39 Å². The predicted molar refractivity (Wildman–Crippen MR) is 86.1 cm³/mol. The Bertz CT molecular complexity index is 718. The van der Waals surface area contributed by atoms with Crippen molar-refractivity contribution in [2.75, 3.05) is 23.9 Å². The number of ether oxygens (including phenoxy) is 1. The van der Waals surface area contributed by atoms with Gasteiger partial charge in [-0.1, -0.05) is 18.2 Å². The van der Waals surface area contributed by atoms with E-state index in [0.717, 1.165) is 0 Å². The van der Waals surface area contributed by atoms with E-state index in [1.807, 2.05) is 0 Å². The lowest BCUT2D eigenvalue weighted by Gasteiger charge is -2.21. The van der Waals surface area contributed by atoms with Crippen molar-refractivity contribution in [3.8, 4) is 5.75 Å². The van der Waals surface area contributed by atoms with E-state index in [-0.39, 0.29) is 12.5 Å². The minimum Gasteiger partial charge on any atom is -0.495 e. The van der Waals surface area contributed by atoms with Crippen LogP contribution in [-0.2, 0) is 9.59 Å². The van der Waals surface area contributed by atoms with E-state index in [1.165, 1.54) is 37.1 Å². The van der Waals surface area contributed by atoms with Crippen LogP contribution in [0.15, 0.2) is 48.5 Å². The van der Waals surface area contributed by atoms with Gasteiger partial charge in [-0.2, -0.15) is 0 Å². The smallest absolute Gasteiger partial charge is 0.244 e. The van der Waals surface area contributed by atoms with Crippen molar-refractivity contribution in [2.45, 2.75) is 6.92 Å². The molecule has 2 rings (SSSR count). The molecule has 2 aromatic carbocycles. The molecule has 0 aliphatic rings. The first-order valence-electron chi connectivity index (χ1n) is 6.98. The third kappa shape index (κ3) is 4.29. The van der Waals surface area contributed by atoms with Gasteiger partial charge in [0.05, 0.1) is 12.8 Å². The van der Waals surface area contributed by atoms with Crippen LogP contribution in [-0.4, -0.2) is 25.5 Å². The van der Waals surface area contributed by atoms with Crippen LogP contribution in [0.5, 0.6) is 5.75 Å². The summed E-state index contributed by atoms with van der Waals surface area (Å²) < 4.78 is 18.5. The van der Waals surface area contributed by atoms with Crippen molar-refractivity contribution in [3.63, 3.8) is 0 Å². The predicted octanol–water partition coefficient (Wildman–Crippen LogP) is 2.83. The molecule has 0 fully saturated rings. The molecular formula is C17H17FN2O3. The maximum atomic E-state index is 13.3. The van der Waals surface area contributed by atoms with Crippen LogP contribution < -0.4 is 15.0 Å². The highest BCUT2D eigenvalue weighted by molar-refractivity contribution is 6.02. The number of carbonyl (C=O) groups is 2. The van der Waals surface area contributed by atoms with Gasteiger partial charge in [-0.05, 0) is 30.3 Å². The second-order valence-electron chi connectivity index (χ2n) is 4.83. The molecular weight excluding hydrogens is 299 g/mol. The fourth-order valence-corrected chi connectivity index (χ4v) is 2.11. The number of para-hydroxylation sites is 2. The highest BCUT2D eigenvalue weighted by atomic mass is 19.1. The molecule has 5 nitrogen and oxygen atoms in total. The summed E-state index contributed by atoms with van der Waals surface area (Å²) in [6.45, 7) is 1.10. The maximum absolute atomic E-state index is 13.3. The van der Waals surface area contributed by atoms with Gasteiger partial charge in [0.15, 0.2) is 0 Å². The monoisotopic (exact) mass is 316 g/mol. The van der Waals surface area contributed by atoms with E-state index in [2.05, 4.69) is 5.32 Å². The maximum Gasteiger partial charge on any atom is 0.244 e. The number of anilines is 2. The molecule has 23 heavy (non-hydrogen) atoms. The van der Waals surface area contributed by atoms with Gasteiger partial charge in [0, 0.05) is 12.6 Å². The summed E-state index contributed by atoms with van der Waals surface area (Å²) in [5.41, 5.74) is 0.829. The summed E-state index contributed by atoms with van der Waals surface area (Å²) >= 11 is 0. The number of rotatable bonds is 5. The topological polar surface area (TPSA) is 58.6 Å². The zero-order valence-corrected chi connectivity index (χ0v) is 12.9. The van der Waals surface area contributed by atoms with Crippen LogP contribution in [0.2, 0.25) is 0 Å². The number of hydrogen-bond donors (Lipinski definition) is 1. The fourth-order valence-electron chi connectivity index (χ4n) is 2.11. The van der Waals surface area contributed by atoms with Crippen LogP contribution in [0.1, 0.15) is 6.92 Å². The molecule has 0 spiro atoms. The lowest BCUT2D eigenvalue weighted by Crippen LogP contribution is -2.36. The van der Waals surface area contributed by atoms with Crippen LogP contribution in [0.3, 0.4) is 0 Å². The number of benzene rings is 2. The van der Waals surface area contributed by atoms with Crippen molar-refractivity contribution >= 4 is 23.2 Å². The summed E-state index contributed by atoms with van der Waals surface area (Å²) in [5.74, 6) is -0.723. The summed E-state index contributed by atoms with van der Waals surface area (Å²) in [6, 6.07) is 12.5. The minimum atomic E-state index is -0.473. The number of nitrogens with zero attached hydrogens (tertiary/aromatic N) is 1. The third-order valence-electron chi connectivity index (χ3n) is 3.18. The fraction of sp³-hybridized carbons (Fsp3) is 0.176. The van der Waals surface area contributed by atoms with E-state index in [4.69, 9.17) is 4.74 Å². The van der Waals surface area contributed by atoms with Crippen LogP contribution in [0.4, 0.5) is 15.8 Å². The first-order valence-corrected chi connectivity index (χ1v) is 6.98. The lowest BCUT2D eigenvalue weighted by molar-refractivity contribution is -0.120. The number of amides is 2. The summed E-state index contributed by atoms with van der Waals surface area (Å²) in [6.07, 6.45) is 0. The van der Waals surface area contributed by atoms with Gasteiger partial charge >= 0.3 is 0 Å². The Morgan fingerprint density at radius 1 is 1.17 bits per heavy atom. The summed E-state index contributed by atoms with van der Waals surface area (Å²) in [4.78, 5) is 25.2. The second-order valence-corrected chi connectivity index (χ2v) is 4.83. The lowest BCUT2D eigenvalue weighted by atomic mass is 10.2. The Morgan fingerprint density at radius 3 is 2.57 bits per heavy atom. The van der Waals surface area contributed by atoms with E-state index in [9.17, 15) is 14.0 Å². The molecule has 0 saturated heterocycles. The van der Waals surface area contributed by atoms with Crippen molar-refractivity contribution in [3.05, 3.63) is 54.3 Å². The SMILES string of the molecule is COc1ccccc1NC(=O)CN(C(C)=O)c1cccc(F)c1. The van der Waals surface area contributed by atoms with Crippen LogP contribution in [0.25, 0.3) is 0 Å². The minimum absolute atomic E-state index is 0.225. The van der Waals surface area contributed by atoms with Crippen molar-refractivity contribution < 1.29 is 18.7 Å². The molecule has 2 aromatic rings. The quantitative estimate of drug-likeness (QED) is 0.923. The Balaban J connectivity index is 2.14. The highest BCUT2D eigenvalue weighted by Crippen LogP contribution is 2.23. The Labute approximate surface area is 133 Å². The molecule has 0 unspecified atom stereocenters. The molecule has 2 amide bonds. The van der Waals surface area contributed by atoms with Crippen molar-refractivity contribution in [1.29, 1.82) is 0 Å². The Kier molecular flexibility index (Phi) is 5.30. The average Bonchev–Trinajstić information content (AvgIpc) is 2.53. The first kappa shape index (κ1) is 16.5. The van der Waals surface area contributed by atoms with E-state index in [0.29, 0.717) is 17.1 Å². The van der Waals surface area contributed by atoms with Crippen molar-refractivity contribution in [2.24, 2.45) is 0 Å². The molecule has 0 bridgehead atoms. The van der Waals surface area contributed by atoms with Crippen LogP contribution >= 0.6 is 0 Å². The van der Waals surface area contributed by atoms with E-state index in [1.54, 1.807) is 30.3 Å². The third-order valence-corrected chi connectivity index (χ3v) is 3.18. The Morgan fingerprint density at radius 2 is 1.91 bits per heavy atom. The molecule has 1 N–H and O–H groups in total. The van der Waals surface area contributed by atoms with E-state index < -0.39 is 11.7 Å². The van der Waals surface area contributed by atoms with Gasteiger partial charge in [-0.15, -0.1) is 0 Å². The average molecular weight is 316 g/mol. The normalized spacial score (nSPS) is 10.0. The van der Waals surface area contributed by atoms with Crippen molar-refractivity contribution in [1.82, 2.24) is 0 Å². The molecule has 0 aromatic heterocycles. The summed E-state index contributed by atoms with van der Waals surface area (Å²) in [7, 11) is 1.50. The zero-order valence-electron chi connectivity index (χ0n) is 12.9. The van der Waals surface area contributed by atoms with Crippen LogP contribution in [0, 0.1) is 5.82 Å². The molecule has 0 aliphatic heterocycles. The number of halogens is 1. The molecule has 0 saturated carbocycles. The van der Waals surface area contributed by atoms with Gasteiger partial charge in [0.25, 0.3) is 0 Å². The van der Waals surface area contributed by atoms with E-state index >= 15 is 0 Å². The Hall–Kier alpha value is -2.89. The summed E-state index contributed by atoms with van der Waals surface area (Å²) in [5, 5.41) is 2.68. The standard InChI is InChI=1S/C17H17FN2O3/c1-12(21)20(14-7-5-6-13(18)10-14)11-17(22)19-15-8-3-4-9-16(15)23-2/h3-10H,11H2,1-2H3,(H,19,22). The number of nitrogens with one attached hydrogen (secondary N) is 1. The van der Waals surface area contributed by atoms with Gasteiger partial charge < -0.3 is 15.0 Å². The molecule has 0 aliphatic carbocycles. The zero-order chi connectivity index (χ0) is 16.8.